The van der Waals surface area contributed by atoms with E-state index in [0.717, 1.165) is 22.7 Å². The van der Waals surface area contributed by atoms with Gasteiger partial charge in [-0.25, -0.2) is 8.42 Å². The maximum atomic E-state index is 12.3. The Labute approximate surface area is 151 Å². The zero-order valence-corrected chi connectivity index (χ0v) is 15.8. The van der Waals surface area contributed by atoms with Crippen LogP contribution in [0.4, 0.5) is 5.69 Å². The Morgan fingerprint density at radius 3 is 2.84 bits per heavy atom. The number of nitrogens with zero attached hydrogens (tertiary/aromatic N) is 3. The fourth-order valence-corrected chi connectivity index (χ4v) is 4.89. The Hall–Kier alpha value is -1.84. The summed E-state index contributed by atoms with van der Waals surface area (Å²) < 4.78 is 29.9. The molecule has 7 nitrogen and oxygen atoms in total. The van der Waals surface area contributed by atoms with Gasteiger partial charge in [-0.15, -0.1) is 5.10 Å². The van der Waals surface area contributed by atoms with E-state index < -0.39 is 10.0 Å². The summed E-state index contributed by atoms with van der Waals surface area (Å²) in [4.78, 5) is 12.8. The molecule has 1 N–H and O–H groups in total. The highest BCUT2D eigenvalue weighted by molar-refractivity contribution is 7.89. The molecule has 9 heteroatoms. The van der Waals surface area contributed by atoms with Gasteiger partial charge in [0.1, 0.15) is 4.88 Å². The maximum Gasteiger partial charge on any atom is 0.269 e. The molecule has 0 radical (unpaired) electrons. The third-order valence-electron chi connectivity index (χ3n) is 4.15. The molecule has 1 aromatic heterocycles. The number of anilines is 1. The van der Waals surface area contributed by atoms with Crippen molar-refractivity contribution < 1.29 is 13.2 Å². The molecule has 0 unspecified atom stereocenters. The van der Waals surface area contributed by atoms with Crippen molar-refractivity contribution in [3.63, 3.8) is 0 Å². The summed E-state index contributed by atoms with van der Waals surface area (Å²) in [6, 6.07) is 5.65. The molecule has 25 heavy (non-hydrogen) atoms. The average molecular weight is 380 g/mol. The second-order valence-corrected chi connectivity index (χ2v) is 8.87. The van der Waals surface area contributed by atoms with Gasteiger partial charge >= 0.3 is 0 Å². The van der Waals surface area contributed by atoms with Crippen molar-refractivity contribution in [3.05, 3.63) is 39.9 Å². The van der Waals surface area contributed by atoms with Crippen LogP contribution >= 0.6 is 11.5 Å². The van der Waals surface area contributed by atoms with Crippen molar-refractivity contribution in [1.82, 2.24) is 13.9 Å². The molecular weight excluding hydrogens is 360 g/mol. The zero-order valence-electron chi connectivity index (χ0n) is 14.2. The van der Waals surface area contributed by atoms with Crippen LogP contribution in [0.15, 0.2) is 18.2 Å². The summed E-state index contributed by atoms with van der Waals surface area (Å²) in [7, 11) is -3.22. The van der Waals surface area contributed by atoms with E-state index in [4.69, 9.17) is 0 Å². The van der Waals surface area contributed by atoms with Gasteiger partial charge < -0.3 is 5.32 Å². The number of carbonyl (C=O) groups is 1. The number of nitrogens with one attached hydrogen (secondary N) is 1. The first-order valence-corrected chi connectivity index (χ1v) is 10.5. The molecule has 1 aromatic carbocycles. The Morgan fingerprint density at radius 2 is 2.16 bits per heavy atom. The van der Waals surface area contributed by atoms with Crippen molar-refractivity contribution >= 4 is 33.2 Å². The third-order valence-corrected chi connectivity index (χ3v) is 7.00. The van der Waals surface area contributed by atoms with Crippen LogP contribution in [0.1, 0.15) is 39.8 Å². The van der Waals surface area contributed by atoms with Crippen molar-refractivity contribution in [2.45, 2.75) is 33.2 Å². The highest BCUT2D eigenvalue weighted by atomic mass is 32.2. The van der Waals surface area contributed by atoms with Crippen molar-refractivity contribution in [2.75, 3.05) is 17.6 Å². The van der Waals surface area contributed by atoms with Crippen molar-refractivity contribution in [2.24, 2.45) is 0 Å². The van der Waals surface area contributed by atoms with E-state index in [-0.39, 0.29) is 11.7 Å². The topological polar surface area (TPSA) is 92.3 Å². The molecule has 0 aliphatic carbocycles. The summed E-state index contributed by atoms with van der Waals surface area (Å²) in [6.45, 7) is 4.45. The minimum Gasteiger partial charge on any atom is -0.321 e. The van der Waals surface area contributed by atoms with Gasteiger partial charge in [0.25, 0.3) is 5.91 Å². The molecular formula is C16H20N4O3S2. The van der Waals surface area contributed by atoms with Gasteiger partial charge in [0.15, 0.2) is 0 Å². The first kappa shape index (κ1) is 18.0. The van der Waals surface area contributed by atoms with Gasteiger partial charge in [-0.1, -0.05) is 17.5 Å². The Balaban J connectivity index is 1.78. The van der Waals surface area contributed by atoms with Gasteiger partial charge in [0.05, 0.1) is 11.4 Å². The fraction of sp³-hybridized carbons (Fsp3) is 0.438. The Morgan fingerprint density at radius 1 is 1.36 bits per heavy atom. The van der Waals surface area contributed by atoms with Gasteiger partial charge in [-0.05, 0) is 54.6 Å². The molecule has 3 rings (SSSR count). The number of aromatic nitrogens is 2. The lowest BCUT2D eigenvalue weighted by Gasteiger charge is -2.28. The van der Waals surface area contributed by atoms with Crippen LogP contribution < -0.4 is 5.32 Å². The second kappa shape index (κ2) is 7.19. The number of hydrogen-bond acceptors (Lipinski definition) is 6. The number of aryl methyl sites for hydroxylation is 1. The lowest BCUT2D eigenvalue weighted by Crippen LogP contribution is -2.37. The summed E-state index contributed by atoms with van der Waals surface area (Å²) in [5.41, 5.74) is 3.29. The van der Waals surface area contributed by atoms with Crippen molar-refractivity contribution in [1.29, 1.82) is 0 Å². The maximum absolute atomic E-state index is 12.3. The Kier molecular flexibility index (Phi) is 5.16. The number of benzene rings is 1. The minimum absolute atomic E-state index is 0.163. The largest absolute Gasteiger partial charge is 0.321 e. The molecule has 0 saturated carbocycles. The van der Waals surface area contributed by atoms with E-state index in [1.54, 1.807) is 6.92 Å². The molecule has 1 amide bonds. The molecule has 0 saturated heterocycles. The molecule has 1 aliphatic rings. The van der Waals surface area contributed by atoms with E-state index in [1.807, 2.05) is 25.1 Å². The summed E-state index contributed by atoms with van der Waals surface area (Å²) in [5, 5.41) is 6.68. The predicted molar refractivity (Wildman–Crippen MR) is 97.2 cm³/mol. The van der Waals surface area contributed by atoms with Crippen LogP contribution in [0.25, 0.3) is 0 Å². The van der Waals surface area contributed by atoms with E-state index in [0.29, 0.717) is 42.2 Å². The molecule has 2 heterocycles. The molecule has 134 valence electrons. The summed E-state index contributed by atoms with van der Waals surface area (Å²) in [5.74, 6) is -0.0881. The van der Waals surface area contributed by atoms with Gasteiger partial charge in [0.2, 0.25) is 10.0 Å². The smallest absolute Gasteiger partial charge is 0.269 e. The molecule has 2 aromatic rings. The second-order valence-electron chi connectivity index (χ2n) is 6.02. The molecule has 0 atom stereocenters. The first-order chi connectivity index (χ1) is 11.9. The molecule has 0 spiro atoms. The Bertz CT molecular complexity index is 893. The number of fused-ring (bicyclic) bond motifs is 1. The lowest BCUT2D eigenvalue weighted by molar-refractivity contribution is 0.103. The number of amides is 1. The predicted octanol–water partition coefficient (Wildman–Crippen LogP) is 2.20. The van der Waals surface area contributed by atoms with E-state index >= 15 is 0 Å². The summed E-state index contributed by atoms with van der Waals surface area (Å²) >= 11 is 1.05. The SMILES string of the molecule is CCCS(=O)(=O)N1CCc2ccc(NC(=O)c3snnc3C)cc2C1. The number of hydrogen-bond donors (Lipinski definition) is 1. The average Bonchev–Trinajstić information content (AvgIpc) is 3.00. The normalized spacial score (nSPS) is 15.0. The van der Waals surface area contributed by atoms with Crippen molar-refractivity contribution in [3.8, 4) is 0 Å². The molecule has 0 fully saturated rings. The standard InChI is InChI=1S/C16H20N4O3S2/c1-3-8-25(22,23)20-7-6-12-4-5-14(9-13(12)10-20)17-16(21)15-11(2)18-19-24-15/h4-5,9H,3,6-8,10H2,1-2H3,(H,17,21). The monoisotopic (exact) mass is 380 g/mol. The van der Waals surface area contributed by atoms with Gasteiger partial charge in [-0.2, -0.15) is 4.31 Å². The quantitative estimate of drug-likeness (QED) is 0.858. The third kappa shape index (κ3) is 3.88. The highest BCUT2D eigenvalue weighted by Crippen LogP contribution is 2.25. The minimum atomic E-state index is -3.22. The zero-order chi connectivity index (χ0) is 18.0. The highest BCUT2D eigenvalue weighted by Gasteiger charge is 2.26. The molecule has 0 bridgehead atoms. The number of carbonyl (C=O) groups excluding carboxylic acids is 1. The van der Waals surface area contributed by atoms with E-state index in [2.05, 4.69) is 14.9 Å². The number of sulfonamides is 1. The van der Waals surface area contributed by atoms with Crippen LogP contribution in [0.5, 0.6) is 0 Å². The van der Waals surface area contributed by atoms with Gasteiger partial charge in [-0.3, -0.25) is 4.79 Å². The number of rotatable bonds is 5. The summed E-state index contributed by atoms with van der Waals surface area (Å²) in [6.07, 6.45) is 1.29. The van der Waals surface area contributed by atoms with Crippen LogP contribution in [-0.4, -0.2) is 40.5 Å². The van der Waals surface area contributed by atoms with Crippen LogP contribution in [-0.2, 0) is 23.0 Å². The lowest BCUT2D eigenvalue weighted by atomic mass is 10.0. The van der Waals surface area contributed by atoms with Gasteiger partial charge in [0, 0.05) is 18.8 Å². The fourth-order valence-electron chi connectivity index (χ4n) is 2.86. The van der Waals surface area contributed by atoms with Crippen LogP contribution in [0, 0.1) is 6.92 Å². The van der Waals surface area contributed by atoms with E-state index in [9.17, 15) is 13.2 Å². The van der Waals surface area contributed by atoms with E-state index in [1.165, 1.54) is 4.31 Å². The van der Waals surface area contributed by atoms with Crippen LogP contribution in [0.2, 0.25) is 0 Å². The van der Waals surface area contributed by atoms with Crippen LogP contribution in [0.3, 0.4) is 0 Å². The first-order valence-electron chi connectivity index (χ1n) is 8.10. The molecule has 1 aliphatic heterocycles.